The highest BCUT2D eigenvalue weighted by Crippen LogP contribution is 2.32. The highest BCUT2D eigenvalue weighted by molar-refractivity contribution is 7.18. The third-order valence-corrected chi connectivity index (χ3v) is 6.68. The number of benzene rings is 1. The summed E-state index contributed by atoms with van der Waals surface area (Å²) in [5, 5.41) is 1.24. The summed E-state index contributed by atoms with van der Waals surface area (Å²) in [5.41, 5.74) is 1.11. The number of rotatable bonds is 3. The number of nitrogens with zero attached hydrogens (tertiary/aromatic N) is 3. The van der Waals surface area contributed by atoms with Crippen molar-refractivity contribution < 1.29 is 4.79 Å². The molecule has 1 aromatic carbocycles. The largest absolute Gasteiger partial charge is 0.342 e. The lowest BCUT2D eigenvalue weighted by Gasteiger charge is -2.32. The van der Waals surface area contributed by atoms with Crippen molar-refractivity contribution in [3.05, 3.63) is 29.3 Å². The minimum atomic E-state index is 0.326. The monoisotopic (exact) mass is 357 g/mol. The van der Waals surface area contributed by atoms with Gasteiger partial charge in [0, 0.05) is 25.6 Å². The summed E-state index contributed by atoms with van der Waals surface area (Å²) in [6, 6.07) is 8.38. The van der Waals surface area contributed by atoms with Gasteiger partial charge in [-0.1, -0.05) is 25.0 Å². The van der Waals surface area contributed by atoms with E-state index in [1.807, 2.05) is 11.3 Å². The van der Waals surface area contributed by atoms with Crippen molar-refractivity contribution in [2.75, 3.05) is 32.7 Å². The molecule has 2 aromatic rings. The van der Waals surface area contributed by atoms with Gasteiger partial charge in [0.1, 0.15) is 0 Å². The van der Waals surface area contributed by atoms with Gasteiger partial charge in [-0.2, -0.15) is 0 Å². The van der Waals surface area contributed by atoms with Crippen LogP contribution in [0.1, 0.15) is 49.5 Å². The molecule has 0 N–H and O–H groups in total. The maximum atomic E-state index is 12.7. The smallest absolute Gasteiger partial charge is 0.236 e. The van der Waals surface area contributed by atoms with Crippen molar-refractivity contribution in [3.63, 3.8) is 0 Å². The fourth-order valence-electron chi connectivity index (χ4n) is 4.08. The van der Waals surface area contributed by atoms with Crippen molar-refractivity contribution in [1.29, 1.82) is 0 Å². The Bertz CT molecular complexity index is 688. The lowest BCUT2D eigenvalue weighted by molar-refractivity contribution is -0.132. The number of para-hydroxylation sites is 1. The van der Waals surface area contributed by atoms with Gasteiger partial charge in [0.15, 0.2) is 0 Å². The summed E-state index contributed by atoms with van der Waals surface area (Å²) in [4.78, 5) is 22.0. The van der Waals surface area contributed by atoms with Gasteiger partial charge in [-0.3, -0.25) is 9.69 Å². The molecule has 2 aliphatic heterocycles. The Morgan fingerprint density at radius 3 is 2.68 bits per heavy atom. The molecule has 1 amide bonds. The standard InChI is InChI=1S/C20H27N3OS/c24-19(23-12-5-1-2-6-13-23)15-22-11-7-8-16(14-22)20-21-17-9-3-4-10-18(17)25-20/h3-4,9-10,16H,1-2,5-8,11-15H2. The molecular weight excluding hydrogens is 330 g/mol. The molecule has 1 atom stereocenters. The summed E-state index contributed by atoms with van der Waals surface area (Å²) in [5.74, 6) is 0.801. The minimum absolute atomic E-state index is 0.326. The van der Waals surface area contributed by atoms with Crippen LogP contribution in [0.15, 0.2) is 24.3 Å². The van der Waals surface area contributed by atoms with E-state index in [4.69, 9.17) is 4.98 Å². The number of likely N-dealkylation sites (tertiary alicyclic amines) is 2. The molecule has 4 nitrogen and oxygen atoms in total. The van der Waals surface area contributed by atoms with E-state index in [9.17, 15) is 4.79 Å². The first kappa shape index (κ1) is 17.0. The van der Waals surface area contributed by atoms with Gasteiger partial charge in [0.25, 0.3) is 0 Å². The average molecular weight is 358 g/mol. The van der Waals surface area contributed by atoms with Gasteiger partial charge < -0.3 is 4.90 Å². The van der Waals surface area contributed by atoms with Crippen LogP contribution in [-0.2, 0) is 4.79 Å². The molecule has 4 rings (SSSR count). The molecular formula is C20H27N3OS. The molecule has 0 spiro atoms. The third kappa shape index (κ3) is 4.04. The Morgan fingerprint density at radius 1 is 1.08 bits per heavy atom. The molecule has 134 valence electrons. The zero-order valence-electron chi connectivity index (χ0n) is 14.8. The maximum absolute atomic E-state index is 12.7. The quantitative estimate of drug-likeness (QED) is 0.836. The van der Waals surface area contributed by atoms with E-state index in [0.29, 0.717) is 18.4 Å². The number of carbonyl (C=O) groups is 1. The van der Waals surface area contributed by atoms with Crippen molar-refractivity contribution >= 4 is 27.5 Å². The van der Waals surface area contributed by atoms with Crippen molar-refractivity contribution in [2.24, 2.45) is 0 Å². The third-order valence-electron chi connectivity index (χ3n) is 5.48. The van der Waals surface area contributed by atoms with Crippen molar-refractivity contribution in [1.82, 2.24) is 14.8 Å². The van der Waals surface area contributed by atoms with Crippen LogP contribution < -0.4 is 0 Å². The zero-order valence-corrected chi connectivity index (χ0v) is 15.6. The minimum Gasteiger partial charge on any atom is -0.342 e. The van der Waals surface area contributed by atoms with E-state index in [1.165, 1.54) is 41.8 Å². The number of carbonyl (C=O) groups excluding carboxylic acids is 1. The molecule has 2 saturated heterocycles. The number of piperidine rings is 1. The predicted molar refractivity (Wildman–Crippen MR) is 103 cm³/mol. The van der Waals surface area contributed by atoms with Gasteiger partial charge in [-0.25, -0.2) is 4.98 Å². The summed E-state index contributed by atoms with van der Waals surface area (Å²) in [6.07, 6.45) is 7.22. The fraction of sp³-hybridized carbons (Fsp3) is 0.600. The van der Waals surface area contributed by atoms with E-state index in [0.717, 1.165) is 38.1 Å². The molecule has 25 heavy (non-hydrogen) atoms. The topological polar surface area (TPSA) is 36.4 Å². The molecule has 5 heteroatoms. The normalized spacial score (nSPS) is 22.9. The van der Waals surface area contributed by atoms with Crippen LogP contribution in [0.3, 0.4) is 0 Å². The number of hydrogen-bond acceptors (Lipinski definition) is 4. The van der Waals surface area contributed by atoms with Crippen LogP contribution in [0.25, 0.3) is 10.2 Å². The maximum Gasteiger partial charge on any atom is 0.236 e. The lowest BCUT2D eigenvalue weighted by Crippen LogP contribution is -2.44. The van der Waals surface area contributed by atoms with E-state index >= 15 is 0 Å². The van der Waals surface area contributed by atoms with Crippen LogP contribution in [0.5, 0.6) is 0 Å². The van der Waals surface area contributed by atoms with E-state index < -0.39 is 0 Å². The highest BCUT2D eigenvalue weighted by atomic mass is 32.1. The molecule has 1 unspecified atom stereocenters. The van der Waals surface area contributed by atoms with E-state index in [2.05, 4.69) is 34.1 Å². The Balaban J connectivity index is 1.39. The lowest BCUT2D eigenvalue weighted by atomic mass is 9.98. The zero-order chi connectivity index (χ0) is 17.1. The Hall–Kier alpha value is -1.46. The van der Waals surface area contributed by atoms with Crippen LogP contribution in [0.4, 0.5) is 0 Å². The molecule has 0 bridgehead atoms. The summed E-state index contributed by atoms with van der Waals surface area (Å²) < 4.78 is 1.27. The summed E-state index contributed by atoms with van der Waals surface area (Å²) in [6.45, 7) is 4.50. The first-order valence-corrected chi connectivity index (χ1v) is 10.5. The number of amides is 1. The van der Waals surface area contributed by atoms with Gasteiger partial charge in [0.2, 0.25) is 5.91 Å². The molecule has 1 aromatic heterocycles. The Labute approximate surface area is 153 Å². The van der Waals surface area contributed by atoms with Gasteiger partial charge in [-0.05, 0) is 44.4 Å². The first-order valence-electron chi connectivity index (χ1n) is 9.65. The molecule has 0 saturated carbocycles. The van der Waals surface area contributed by atoms with Crippen molar-refractivity contribution in [2.45, 2.75) is 44.4 Å². The molecule has 2 aliphatic rings. The Morgan fingerprint density at radius 2 is 1.88 bits per heavy atom. The highest BCUT2D eigenvalue weighted by Gasteiger charge is 2.26. The molecule has 3 heterocycles. The molecule has 0 radical (unpaired) electrons. The van der Waals surface area contributed by atoms with Crippen LogP contribution >= 0.6 is 11.3 Å². The van der Waals surface area contributed by atoms with Gasteiger partial charge >= 0.3 is 0 Å². The summed E-state index contributed by atoms with van der Waals surface area (Å²) >= 11 is 1.82. The SMILES string of the molecule is O=C(CN1CCCC(c2nc3ccccc3s2)C1)N1CCCCCC1. The molecule has 0 aliphatic carbocycles. The summed E-state index contributed by atoms with van der Waals surface area (Å²) in [7, 11) is 0. The van der Waals surface area contributed by atoms with Crippen LogP contribution in [0, 0.1) is 0 Å². The number of aromatic nitrogens is 1. The van der Waals surface area contributed by atoms with Crippen LogP contribution in [-0.4, -0.2) is 53.4 Å². The second-order valence-corrected chi connectivity index (χ2v) is 8.45. The second-order valence-electron chi connectivity index (χ2n) is 7.39. The van der Waals surface area contributed by atoms with Crippen molar-refractivity contribution in [3.8, 4) is 0 Å². The Kier molecular flexibility index (Phi) is 5.32. The average Bonchev–Trinajstić information content (AvgIpc) is 2.88. The fourth-order valence-corrected chi connectivity index (χ4v) is 5.17. The predicted octanol–water partition coefficient (Wildman–Crippen LogP) is 3.88. The van der Waals surface area contributed by atoms with E-state index in [-0.39, 0.29) is 0 Å². The first-order chi connectivity index (χ1) is 12.3. The number of thiazole rings is 1. The van der Waals surface area contributed by atoms with E-state index in [1.54, 1.807) is 0 Å². The van der Waals surface area contributed by atoms with Gasteiger partial charge in [-0.15, -0.1) is 11.3 Å². The second kappa shape index (κ2) is 7.83. The molecule has 2 fully saturated rings. The van der Waals surface area contributed by atoms with Gasteiger partial charge in [0.05, 0.1) is 21.8 Å². The van der Waals surface area contributed by atoms with Crippen LogP contribution in [0.2, 0.25) is 0 Å². The number of fused-ring (bicyclic) bond motifs is 1. The number of hydrogen-bond donors (Lipinski definition) is 0.